The van der Waals surface area contributed by atoms with Gasteiger partial charge in [-0.1, -0.05) is 48.7 Å². The summed E-state index contributed by atoms with van der Waals surface area (Å²) < 4.78 is 5.55. The lowest BCUT2D eigenvalue weighted by Crippen LogP contribution is -2.52. The Morgan fingerprint density at radius 3 is 2.21 bits per heavy atom. The summed E-state index contributed by atoms with van der Waals surface area (Å²) >= 11 is 11.2. The van der Waals surface area contributed by atoms with E-state index in [1.807, 2.05) is 24.3 Å². The molecule has 24 heavy (non-hydrogen) atoms. The molecule has 1 aromatic rings. The largest absolute Gasteiger partial charge is 0.484 e. The highest BCUT2D eigenvalue weighted by Crippen LogP contribution is 2.14. The molecule has 2 rings (SSSR count). The molecule has 7 heteroatoms. The number of hydrogen-bond acceptors (Lipinski definition) is 3. The number of alkyl halides is 2. The van der Waals surface area contributed by atoms with Crippen molar-refractivity contribution in [3.05, 3.63) is 29.8 Å². The first-order chi connectivity index (χ1) is 11.5. The van der Waals surface area contributed by atoms with Gasteiger partial charge in [0.15, 0.2) is 11.4 Å². The van der Waals surface area contributed by atoms with Crippen LogP contribution >= 0.6 is 23.2 Å². The summed E-state index contributed by atoms with van der Waals surface area (Å²) in [5.41, 5.74) is 1.26. The molecule has 1 aliphatic heterocycles. The van der Waals surface area contributed by atoms with Crippen molar-refractivity contribution in [2.45, 2.75) is 24.6 Å². The SMILES string of the molecule is CCCc1ccc(OCC(=O)N2CCN(C(=O)C(Cl)Cl)CC2)cc1. The Kier molecular flexibility index (Phi) is 7.18. The van der Waals surface area contributed by atoms with Crippen molar-refractivity contribution in [3.8, 4) is 5.75 Å². The Bertz CT molecular complexity index is 555. The van der Waals surface area contributed by atoms with Gasteiger partial charge in [-0.2, -0.15) is 0 Å². The Morgan fingerprint density at radius 1 is 1.08 bits per heavy atom. The molecule has 0 aliphatic carbocycles. The lowest BCUT2D eigenvalue weighted by molar-refractivity contribution is -0.139. The summed E-state index contributed by atoms with van der Waals surface area (Å²) in [6.45, 7) is 3.93. The van der Waals surface area contributed by atoms with Crippen molar-refractivity contribution in [1.82, 2.24) is 9.80 Å². The molecule has 1 fully saturated rings. The van der Waals surface area contributed by atoms with E-state index in [-0.39, 0.29) is 18.4 Å². The molecule has 0 bridgehead atoms. The third-order valence-corrected chi connectivity index (χ3v) is 4.33. The second kappa shape index (κ2) is 9.14. The second-order valence-corrected chi connectivity index (χ2v) is 6.79. The molecule has 0 radical (unpaired) electrons. The maximum atomic E-state index is 12.2. The standard InChI is InChI=1S/C17H22Cl2N2O3/c1-2-3-13-4-6-14(7-5-13)24-12-15(22)20-8-10-21(11-9-20)17(23)16(18)19/h4-7,16H,2-3,8-12H2,1H3. The zero-order valence-corrected chi connectivity index (χ0v) is 15.2. The zero-order chi connectivity index (χ0) is 17.5. The van der Waals surface area contributed by atoms with Crippen molar-refractivity contribution in [2.75, 3.05) is 32.8 Å². The van der Waals surface area contributed by atoms with Gasteiger partial charge in [-0.05, 0) is 24.1 Å². The van der Waals surface area contributed by atoms with Crippen LogP contribution in [0.15, 0.2) is 24.3 Å². The Morgan fingerprint density at radius 2 is 1.67 bits per heavy atom. The van der Waals surface area contributed by atoms with Crippen molar-refractivity contribution < 1.29 is 14.3 Å². The van der Waals surface area contributed by atoms with Crippen LogP contribution in [0.5, 0.6) is 5.75 Å². The minimum atomic E-state index is -1.05. The number of nitrogens with zero attached hydrogens (tertiary/aromatic N) is 2. The highest BCUT2D eigenvalue weighted by atomic mass is 35.5. The summed E-state index contributed by atoms with van der Waals surface area (Å²) in [7, 11) is 0. The summed E-state index contributed by atoms with van der Waals surface area (Å²) in [6, 6.07) is 7.80. The number of benzene rings is 1. The number of carbonyl (C=O) groups excluding carboxylic acids is 2. The van der Waals surface area contributed by atoms with Crippen LogP contribution < -0.4 is 4.74 Å². The van der Waals surface area contributed by atoms with Crippen LogP contribution in [0.2, 0.25) is 0 Å². The molecule has 0 N–H and O–H groups in total. The van der Waals surface area contributed by atoms with Crippen LogP contribution in [0, 0.1) is 0 Å². The average molecular weight is 373 g/mol. The Balaban J connectivity index is 1.76. The second-order valence-electron chi connectivity index (χ2n) is 5.69. The molecule has 1 aliphatic rings. The van der Waals surface area contributed by atoms with Gasteiger partial charge in [0.05, 0.1) is 0 Å². The number of piperazine rings is 1. The van der Waals surface area contributed by atoms with E-state index >= 15 is 0 Å². The third kappa shape index (κ3) is 5.28. The molecule has 0 aromatic heterocycles. The number of halogens is 2. The maximum absolute atomic E-state index is 12.2. The number of amides is 2. The number of rotatable bonds is 6. The van der Waals surface area contributed by atoms with Gasteiger partial charge in [-0.25, -0.2) is 0 Å². The van der Waals surface area contributed by atoms with E-state index in [1.165, 1.54) is 5.56 Å². The number of aryl methyl sites for hydroxylation is 1. The summed E-state index contributed by atoms with van der Waals surface area (Å²) in [6.07, 6.45) is 2.13. The van der Waals surface area contributed by atoms with E-state index in [2.05, 4.69) is 6.92 Å². The first-order valence-corrected chi connectivity index (χ1v) is 8.95. The van der Waals surface area contributed by atoms with E-state index in [0.717, 1.165) is 12.8 Å². The van der Waals surface area contributed by atoms with Gasteiger partial charge >= 0.3 is 0 Å². The van der Waals surface area contributed by atoms with Crippen LogP contribution in [-0.4, -0.2) is 59.2 Å². The minimum Gasteiger partial charge on any atom is -0.484 e. The van der Waals surface area contributed by atoms with Gasteiger partial charge in [-0.3, -0.25) is 9.59 Å². The number of hydrogen-bond donors (Lipinski definition) is 0. The zero-order valence-electron chi connectivity index (χ0n) is 13.7. The topological polar surface area (TPSA) is 49.9 Å². The first kappa shape index (κ1) is 18.9. The van der Waals surface area contributed by atoms with Crippen molar-refractivity contribution in [3.63, 3.8) is 0 Å². The predicted octanol–water partition coefficient (Wildman–Crippen LogP) is 2.49. The molecule has 0 spiro atoms. The van der Waals surface area contributed by atoms with Crippen molar-refractivity contribution >= 4 is 35.0 Å². The smallest absolute Gasteiger partial charge is 0.260 e. The molecular weight excluding hydrogens is 351 g/mol. The minimum absolute atomic E-state index is 0.00525. The van der Waals surface area contributed by atoms with Gasteiger partial charge in [-0.15, -0.1) is 0 Å². The van der Waals surface area contributed by atoms with Crippen molar-refractivity contribution in [2.24, 2.45) is 0 Å². The summed E-state index contributed by atoms with van der Waals surface area (Å²) in [5, 5.41) is 0. The average Bonchev–Trinajstić information content (AvgIpc) is 2.60. The van der Waals surface area contributed by atoms with Gasteiger partial charge < -0.3 is 14.5 Å². The molecule has 0 saturated carbocycles. The summed E-state index contributed by atoms with van der Waals surface area (Å²) in [5.74, 6) is 0.283. The van der Waals surface area contributed by atoms with E-state index in [4.69, 9.17) is 27.9 Å². The van der Waals surface area contributed by atoms with E-state index in [1.54, 1.807) is 9.80 Å². The van der Waals surface area contributed by atoms with Crippen molar-refractivity contribution in [1.29, 1.82) is 0 Å². The Hall–Kier alpha value is -1.46. The molecule has 1 heterocycles. The molecule has 1 aromatic carbocycles. The fraction of sp³-hybridized carbons (Fsp3) is 0.529. The molecular formula is C17H22Cl2N2O3. The highest BCUT2D eigenvalue weighted by molar-refractivity contribution is 6.53. The fourth-order valence-electron chi connectivity index (χ4n) is 2.59. The molecule has 5 nitrogen and oxygen atoms in total. The molecule has 132 valence electrons. The van der Waals surface area contributed by atoms with Crippen LogP contribution in [0.3, 0.4) is 0 Å². The van der Waals surface area contributed by atoms with Gasteiger partial charge in [0.25, 0.3) is 11.8 Å². The van der Waals surface area contributed by atoms with Crippen LogP contribution in [0.1, 0.15) is 18.9 Å². The Labute approximate surface area is 152 Å². The fourth-order valence-corrected chi connectivity index (χ4v) is 2.87. The van der Waals surface area contributed by atoms with Gasteiger partial charge in [0, 0.05) is 26.2 Å². The molecule has 0 unspecified atom stereocenters. The highest BCUT2D eigenvalue weighted by Gasteiger charge is 2.26. The lowest BCUT2D eigenvalue weighted by Gasteiger charge is -2.34. The van der Waals surface area contributed by atoms with E-state index in [9.17, 15) is 9.59 Å². The first-order valence-electron chi connectivity index (χ1n) is 8.07. The molecule has 2 amide bonds. The van der Waals surface area contributed by atoms with Gasteiger partial charge in [0.2, 0.25) is 0 Å². The van der Waals surface area contributed by atoms with E-state index < -0.39 is 4.84 Å². The monoisotopic (exact) mass is 372 g/mol. The maximum Gasteiger partial charge on any atom is 0.260 e. The molecule has 1 saturated heterocycles. The summed E-state index contributed by atoms with van der Waals surface area (Å²) in [4.78, 5) is 26.1. The van der Waals surface area contributed by atoms with Crippen LogP contribution in [0.4, 0.5) is 0 Å². The van der Waals surface area contributed by atoms with E-state index in [0.29, 0.717) is 31.9 Å². The lowest BCUT2D eigenvalue weighted by atomic mass is 10.1. The quantitative estimate of drug-likeness (QED) is 0.720. The third-order valence-electron chi connectivity index (χ3n) is 3.96. The van der Waals surface area contributed by atoms with Crippen LogP contribution in [0.25, 0.3) is 0 Å². The number of ether oxygens (including phenoxy) is 1. The van der Waals surface area contributed by atoms with Gasteiger partial charge in [0.1, 0.15) is 5.75 Å². The van der Waals surface area contributed by atoms with Crippen LogP contribution in [-0.2, 0) is 16.0 Å². The number of carbonyl (C=O) groups is 2. The predicted molar refractivity (Wildman–Crippen MR) is 94.6 cm³/mol. The normalized spacial score (nSPS) is 14.8. The molecule has 0 atom stereocenters.